The number of rotatable bonds is 11. The van der Waals surface area contributed by atoms with Crippen LogP contribution >= 0.6 is 0 Å². The first kappa shape index (κ1) is 23.0. The van der Waals surface area contributed by atoms with Gasteiger partial charge in [0.05, 0.1) is 14.2 Å². The lowest BCUT2D eigenvalue weighted by Gasteiger charge is -2.35. The first-order valence-corrected chi connectivity index (χ1v) is 11.0. The van der Waals surface area contributed by atoms with Crippen molar-refractivity contribution >= 4 is 5.91 Å². The molecule has 1 atom stereocenters. The monoisotopic (exact) mass is 426 g/mol. The summed E-state index contributed by atoms with van der Waals surface area (Å²) in [5, 5.41) is 6.95. The second-order valence-corrected chi connectivity index (χ2v) is 8.07. The molecule has 1 unspecified atom stereocenters. The van der Waals surface area contributed by atoms with Gasteiger partial charge in [-0.1, -0.05) is 12.1 Å². The second-order valence-electron chi connectivity index (χ2n) is 8.07. The Balaban J connectivity index is 1.91. The average Bonchev–Trinajstić information content (AvgIpc) is 2.82. The average molecular weight is 427 g/mol. The lowest BCUT2D eigenvalue weighted by molar-refractivity contribution is -0.125. The molecule has 3 rings (SSSR count). The van der Waals surface area contributed by atoms with Crippen molar-refractivity contribution < 1.29 is 14.3 Å². The highest BCUT2D eigenvalue weighted by Gasteiger charge is 2.41. The van der Waals surface area contributed by atoms with Crippen LogP contribution in [0.2, 0.25) is 0 Å². The zero-order valence-corrected chi connectivity index (χ0v) is 18.5. The normalized spacial score (nSPS) is 16.5. The third-order valence-electron chi connectivity index (χ3n) is 6.26. The Kier molecular flexibility index (Phi) is 8.26. The number of nitrogens with two attached hydrogens (primary N) is 1. The van der Waals surface area contributed by atoms with Crippen molar-refractivity contribution in [1.82, 2.24) is 15.6 Å². The smallest absolute Gasteiger partial charge is 0.242 e. The number of piperidine rings is 1. The van der Waals surface area contributed by atoms with Crippen LogP contribution in [0, 0.1) is 5.92 Å². The largest absolute Gasteiger partial charge is 0.493 e. The summed E-state index contributed by atoms with van der Waals surface area (Å²) in [6, 6.07) is 9.52. The Labute approximate surface area is 184 Å². The number of ether oxygens (including phenoxy) is 2. The number of methoxy groups -OCH3 is 2. The Morgan fingerprint density at radius 3 is 2.58 bits per heavy atom. The van der Waals surface area contributed by atoms with Crippen molar-refractivity contribution in [3.63, 3.8) is 0 Å². The van der Waals surface area contributed by atoms with Crippen molar-refractivity contribution in [1.29, 1.82) is 0 Å². The summed E-state index contributed by atoms with van der Waals surface area (Å²) < 4.78 is 11.2. The molecule has 2 aromatic rings. The van der Waals surface area contributed by atoms with Gasteiger partial charge in [0, 0.05) is 18.0 Å². The van der Waals surface area contributed by atoms with Crippen LogP contribution in [-0.2, 0) is 16.8 Å². The van der Waals surface area contributed by atoms with Gasteiger partial charge in [0.2, 0.25) is 5.91 Å². The van der Waals surface area contributed by atoms with Gasteiger partial charge >= 0.3 is 0 Å². The first-order chi connectivity index (χ1) is 15.1. The van der Waals surface area contributed by atoms with Gasteiger partial charge in [-0.05, 0) is 81.4 Å². The van der Waals surface area contributed by atoms with Gasteiger partial charge in [-0.3, -0.25) is 15.1 Å². The first-order valence-electron chi connectivity index (χ1n) is 11.0. The minimum absolute atomic E-state index is 0.418. The van der Waals surface area contributed by atoms with Crippen LogP contribution < -0.4 is 25.8 Å². The van der Waals surface area contributed by atoms with Gasteiger partial charge in [-0.25, -0.2) is 0 Å². The summed E-state index contributed by atoms with van der Waals surface area (Å²) in [4.78, 5) is 17.1. The number of hydrogen-bond donors (Lipinski definition) is 3. The van der Waals surface area contributed by atoms with E-state index in [9.17, 15) is 4.79 Å². The zero-order chi connectivity index (χ0) is 22.1. The summed E-state index contributed by atoms with van der Waals surface area (Å²) in [5.74, 6) is 1.34. The number of aryl methyl sites for hydroxylation is 1. The summed E-state index contributed by atoms with van der Waals surface area (Å²) in [7, 11) is 3.18. The number of para-hydroxylation sites is 1. The molecule has 7 heteroatoms. The van der Waals surface area contributed by atoms with Crippen LogP contribution in [0.25, 0.3) is 0 Å². The number of hydrogen-bond acceptors (Lipinski definition) is 6. The van der Waals surface area contributed by atoms with Gasteiger partial charge in [0.1, 0.15) is 5.54 Å². The number of carbonyl (C=O) groups excluding carboxylic acids is 1. The number of nitrogens with one attached hydrogen (secondary N) is 2. The van der Waals surface area contributed by atoms with E-state index in [1.807, 2.05) is 30.3 Å². The van der Waals surface area contributed by atoms with E-state index in [4.69, 9.17) is 15.2 Å². The fourth-order valence-electron chi connectivity index (χ4n) is 4.43. The maximum atomic E-state index is 13.0. The number of nitrogens with zero attached hydrogens (tertiary/aromatic N) is 1. The summed E-state index contributed by atoms with van der Waals surface area (Å²) in [5.41, 5.74) is 6.82. The molecule has 0 spiro atoms. The van der Waals surface area contributed by atoms with Crippen molar-refractivity contribution in [2.45, 2.75) is 37.6 Å². The number of amides is 1. The molecule has 0 bridgehead atoms. The van der Waals surface area contributed by atoms with E-state index in [2.05, 4.69) is 15.6 Å². The van der Waals surface area contributed by atoms with E-state index in [0.717, 1.165) is 37.9 Å². The zero-order valence-electron chi connectivity index (χ0n) is 18.5. The maximum Gasteiger partial charge on any atom is 0.242 e. The molecular weight excluding hydrogens is 392 g/mol. The number of benzene rings is 1. The van der Waals surface area contributed by atoms with Crippen LogP contribution in [-0.4, -0.2) is 44.7 Å². The maximum absolute atomic E-state index is 13.0. The molecule has 1 aromatic heterocycles. The molecule has 1 aliphatic heterocycles. The van der Waals surface area contributed by atoms with E-state index in [1.54, 1.807) is 26.6 Å². The standard InChI is InChI=1S/C24H34N4O3/c1-30-21-5-3-4-20(22(21)31-2)24(23(25)29,12-6-18-7-13-26-14-8-18)28-17-11-19-9-15-27-16-10-19/h3-5,7-8,13-14,19,27-28H,6,9-12,15-17H2,1-2H3,(H2,25,29). The quantitative estimate of drug-likeness (QED) is 0.510. The van der Waals surface area contributed by atoms with Crippen LogP contribution in [0.4, 0.5) is 0 Å². The number of carbonyl (C=O) groups is 1. The van der Waals surface area contributed by atoms with Gasteiger partial charge in [-0.15, -0.1) is 0 Å². The number of aromatic nitrogens is 1. The van der Waals surface area contributed by atoms with Crippen LogP contribution in [0.5, 0.6) is 11.5 Å². The molecule has 31 heavy (non-hydrogen) atoms. The fourth-order valence-corrected chi connectivity index (χ4v) is 4.43. The van der Waals surface area contributed by atoms with E-state index in [1.165, 1.54) is 0 Å². The van der Waals surface area contributed by atoms with E-state index >= 15 is 0 Å². The Morgan fingerprint density at radius 2 is 1.94 bits per heavy atom. The van der Waals surface area contributed by atoms with Crippen LogP contribution in [0.15, 0.2) is 42.7 Å². The molecule has 1 saturated heterocycles. The van der Waals surface area contributed by atoms with Crippen molar-refractivity contribution in [2.75, 3.05) is 33.9 Å². The topological polar surface area (TPSA) is 98.5 Å². The van der Waals surface area contributed by atoms with Gasteiger partial charge in [0.15, 0.2) is 11.5 Å². The van der Waals surface area contributed by atoms with Crippen molar-refractivity contribution in [2.24, 2.45) is 11.7 Å². The van der Waals surface area contributed by atoms with Gasteiger partial charge < -0.3 is 20.5 Å². The molecule has 2 heterocycles. The molecule has 4 N–H and O–H groups in total. The molecule has 0 aliphatic carbocycles. The minimum atomic E-state index is -1.07. The molecule has 168 valence electrons. The van der Waals surface area contributed by atoms with Crippen molar-refractivity contribution in [3.8, 4) is 11.5 Å². The van der Waals surface area contributed by atoms with Crippen LogP contribution in [0.3, 0.4) is 0 Å². The highest BCUT2D eigenvalue weighted by molar-refractivity contribution is 5.87. The fraction of sp³-hybridized carbons (Fsp3) is 0.500. The summed E-state index contributed by atoms with van der Waals surface area (Å²) >= 11 is 0. The lowest BCUT2D eigenvalue weighted by Crippen LogP contribution is -2.53. The Bertz CT molecular complexity index is 840. The number of primary amides is 1. The van der Waals surface area contributed by atoms with E-state index in [0.29, 0.717) is 42.4 Å². The number of pyridine rings is 1. The molecule has 1 amide bonds. The van der Waals surface area contributed by atoms with E-state index < -0.39 is 11.4 Å². The lowest BCUT2D eigenvalue weighted by atomic mass is 9.82. The third kappa shape index (κ3) is 5.54. The molecule has 1 aromatic carbocycles. The molecule has 1 aliphatic rings. The second kappa shape index (κ2) is 11.1. The molecule has 1 fully saturated rings. The summed E-state index contributed by atoms with van der Waals surface area (Å²) in [6.07, 6.45) is 8.01. The SMILES string of the molecule is COc1cccc(C(CCc2ccncc2)(NCCC2CCNCC2)C(N)=O)c1OC. The van der Waals surface area contributed by atoms with E-state index in [-0.39, 0.29) is 0 Å². The van der Waals surface area contributed by atoms with Crippen LogP contribution in [0.1, 0.15) is 36.8 Å². The predicted octanol–water partition coefficient (Wildman–Crippen LogP) is 2.39. The highest BCUT2D eigenvalue weighted by atomic mass is 16.5. The predicted molar refractivity (Wildman–Crippen MR) is 121 cm³/mol. The molecule has 7 nitrogen and oxygen atoms in total. The van der Waals surface area contributed by atoms with Crippen molar-refractivity contribution in [3.05, 3.63) is 53.9 Å². The third-order valence-corrected chi connectivity index (χ3v) is 6.26. The highest BCUT2D eigenvalue weighted by Crippen LogP contribution is 2.40. The minimum Gasteiger partial charge on any atom is -0.493 e. The Morgan fingerprint density at radius 1 is 1.19 bits per heavy atom. The molecule has 0 saturated carbocycles. The van der Waals surface area contributed by atoms with Gasteiger partial charge in [-0.2, -0.15) is 0 Å². The molecular formula is C24H34N4O3. The van der Waals surface area contributed by atoms with Gasteiger partial charge in [0.25, 0.3) is 0 Å². The Hall–Kier alpha value is -2.64. The molecule has 0 radical (unpaired) electrons. The summed E-state index contributed by atoms with van der Waals surface area (Å²) in [6.45, 7) is 2.80.